The molecule has 1 aromatic carbocycles. The highest BCUT2D eigenvalue weighted by atomic mass is 32.2. The monoisotopic (exact) mass is 524 g/mol. The van der Waals surface area contributed by atoms with Crippen molar-refractivity contribution in [3.05, 3.63) is 29.8 Å². The molecule has 200 valence electrons. The summed E-state index contributed by atoms with van der Waals surface area (Å²) in [5.74, 6) is -1.81. The van der Waals surface area contributed by atoms with Crippen molar-refractivity contribution in [1.82, 2.24) is 14.7 Å². The van der Waals surface area contributed by atoms with E-state index in [-0.39, 0.29) is 13.1 Å². The minimum atomic E-state index is -0.907. The van der Waals surface area contributed by atoms with Crippen molar-refractivity contribution in [3.8, 4) is 5.40 Å². The molecule has 0 unspecified atom stereocenters. The Morgan fingerprint density at radius 2 is 1.14 bits per heavy atom. The number of carbonyl (C=O) groups is 2. The SMILES string of the molecule is N#CSc1ccc(CN2CCOCCN(CC(=O)O)CCOCCN(CC(=O)O)CCOCC2)cc1. The number of rotatable bonds is 7. The summed E-state index contributed by atoms with van der Waals surface area (Å²) < 4.78 is 17.2. The van der Waals surface area contributed by atoms with E-state index in [2.05, 4.69) is 10.3 Å². The number of carboxylic acid groups (broad SMARTS) is 2. The smallest absolute Gasteiger partial charge is 0.317 e. The van der Waals surface area contributed by atoms with Crippen LogP contribution in [0.5, 0.6) is 0 Å². The lowest BCUT2D eigenvalue weighted by atomic mass is 10.2. The minimum absolute atomic E-state index is 0.0958. The first-order valence-corrected chi connectivity index (χ1v) is 12.8. The summed E-state index contributed by atoms with van der Waals surface area (Å²) in [5.41, 5.74) is 1.11. The molecule has 1 heterocycles. The van der Waals surface area contributed by atoms with Crippen molar-refractivity contribution in [1.29, 1.82) is 5.26 Å². The number of aliphatic carboxylic acids is 2. The molecule has 1 saturated heterocycles. The number of hydrogen-bond donors (Lipinski definition) is 2. The molecule has 0 aliphatic carbocycles. The molecule has 0 saturated carbocycles. The zero-order valence-electron chi connectivity index (χ0n) is 20.5. The minimum Gasteiger partial charge on any atom is -0.480 e. The summed E-state index contributed by atoms with van der Waals surface area (Å²) in [7, 11) is 0. The summed E-state index contributed by atoms with van der Waals surface area (Å²) in [4.78, 5) is 29.0. The molecule has 1 aromatic rings. The van der Waals surface area contributed by atoms with E-state index in [1.807, 2.05) is 24.3 Å². The Morgan fingerprint density at radius 1 is 0.750 bits per heavy atom. The third-order valence-electron chi connectivity index (χ3n) is 5.52. The van der Waals surface area contributed by atoms with Gasteiger partial charge in [0.15, 0.2) is 0 Å². The van der Waals surface area contributed by atoms with Gasteiger partial charge in [-0.25, -0.2) is 0 Å². The van der Waals surface area contributed by atoms with Crippen LogP contribution in [0.15, 0.2) is 29.2 Å². The molecule has 0 atom stereocenters. The number of nitrogens with zero attached hydrogens (tertiary/aromatic N) is 4. The molecule has 12 heteroatoms. The second kappa shape index (κ2) is 18.1. The Bertz CT molecular complexity index is 786. The van der Waals surface area contributed by atoms with E-state index in [9.17, 15) is 19.8 Å². The van der Waals surface area contributed by atoms with Crippen LogP contribution < -0.4 is 0 Å². The van der Waals surface area contributed by atoms with Crippen LogP contribution in [0.1, 0.15) is 5.56 Å². The van der Waals surface area contributed by atoms with Gasteiger partial charge in [0.05, 0.1) is 52.7 Å². The van der Waals surface area contributed by atoms with E-state index in [1.54, 1.807) is 9.80 Å². The van der Waals surface area contributed by atoms with Crippen LogP contribution in [0.25, 0.3) is 0 Å². The summed E-state index contributed by atoms with van der Waals surface area (Å²) in [6.45, 7) is 6.19. The van der Waals surface area contributed by atoms with Crippen LogP contribution in [0, 0.1) is 10.7 Å². The number of hydrogen-bond acceptors (Lipinski definition) is 10. The van der Waals surface area contributed by atoms with Gasteiger partial charge in [-0.3, -0.25) is 24.3 Å². The van der Waals surface area contributed by atoms with Gasteiger partial charge in [-0.05, 0) is 29.5 Å². The molecule has 1 aliphatic heterocycles. The second-order valence-corrected chi connectivity index (χ2v) is 9.15. The lowest BCUT2D eigenvalue weighted by Crippen LogP contribution is -2.38. The van der Waals surface area contributed by atoms with E-state index < -0.39 is 11.9 Å². The number of benzene rings is 1. The summed E-state index contributed by atoms with van der Waals surface area (Å²) >= 11 is 1.13. The fourth-order valence-corrected chi connectivity index (χ4v) is 4.01. The van der Waals surface area contributed by atoms with Gasteiger partial charge in [-0.15, -0.1) is 0 Å². The first kappa shape index (κ1) is 30.0. The molecule has 11 nitrogen and oxygen atoms in total. The predicted octanol–water partition coefficient (Wildman–Crippen LogP) is 0.898. The predicted molar refractivity (Wildman–Crippen MR) is 134 cm³/mol. The van der Waals surface area contributed by atoms with Crippen LogP contribution in [-0.4, -0.2) is 129 Å². The van der Waals surface area contributed by atoms with Crippen molar-refractivity contribution in [3.63, 3.8) is 0 Å². The van der Waals surface area contributed by atoms with Crippen molar-refractivity contribution < 1.29 is 34.0 Å². The van der Waals surface area contributed by atoms with Gasteiger partial charge in [-0.2, -0.15) is 5.26 Å². The molecule has 1 fully saturated rings. The second-order valence-electron chi connectivity index (χ2n) is 8.29. The molecule has 2 rings (SSSR count). The summed E-state index contributed by atoms with van der Waals surface area (Å²) in [6, 6.07) is 7.86. The first-order chi connectivity index (χ1) is 17.5. The molecule has 0 spiro atoms. The van der Waals surface area contributed by atoms with Gasteiger partial charge >= 0.3 is 11.9 Å². The fourth-order valence-electron chi connectivity index (χ4n) is 3.63. The number of thiocyanates is 1. The molecule has 0 amide bonds. The maximum atomic E-state index is 11.2. The van der Waals surface area contributed by atoms with E-state index in [1.165, 1.54) is 0 Å². The molecule has 1 aliphatic rings. The molecular formula is C24H36N4O7S. The molecule has 0 radical (unpaired) electrons. The molecule has 0 bridgehead atoms. The van der Waals surface area contributed by atoms with Crippen LogP contribution in [0.3, 0.4) is 0 Å². The van der Waals surface area contributed by atoms with Gasteiger partial charge in [0, 0.05) is 50.7 Å². The zero-order chi connectivity index (χ0) is 26.0. The average Bonchev–Trinajstić information content (AvgIpc) is 2.82. The number of thioether (sulfide) groups is 1. The van der Waals surface area contributed by atoms with E-state index in [4.69, 9.17) is 19.5 Å². The number of nitriles is 1. The molecule has 36 heavy (non-hydrogen) atoms. The average molecular weight is 525 g/mol. The zero-order valence-corrected chi connectivity index (χ0v) is 21.4. The highest BCUT2D eigenvalue weighted by molar-refractivity contribution is 8.03. The first-order valence-electron chi connectivity index (χ1n) is 11.9. The van der Waals surface area contributed by atoms with Crippen LogP contribution in [0.2, 0.25) is 0 Å². The van der Waals surface area contributed by atoms with Gasteiger partial charge in [0.1, 0.15) is 5.40 Å². The lowest BCUT2D eigenvalue weighted by Gasteiger charge is -2.25. The number of ether oxygens (including phenoxy) is 3. The Labute approximate surface area is 216 Å². The summed E-state index contributed by atoms with van der Waals surface area (Å²) in [5, 5.41) is 29.3. The van der Waals surface area contributed by atoms with E-state index in [0.29, 0.717) is 85.5 Å². The van der Waals surface area contributed by atoms with E-state index >= 15 is 0 Å². The van der Waals surface area contributed by atoms with Gasteiger partial charge in [-0.1, -0.05) is 12.1 Å². The van der Waals surface area contributed by atoms with Crippen LogP contribution in [-0.2, 0) is 30.3 Å². The van der Waals surface area contributed by atoms with Gasteiger partial charge < -0.3 is 24.4 Å². The quantitative estimate of drug-likeness (QED) is 0.387. The largest absolute Gasteiger partial charge is 0.480 e. The van der Waals surface area contributed by atoms with E-state index in [0.717, 1.165) is 22.2 Å². The lowest BCUT2D eigenvalue weighted by molar-refractivity contribution is -0.139. The maximum Gasteiger partial charge on any atom is 0.317 e. The number of carboxylic acids is 2. The summed E-state index contributed by atoms with van der Waals surface area (Å²) in [6.07, 6.45) is 0. The van der Waals surface area contributed by atoms with Crippen LogP contribution in [0.4, 0.5) is 0 Å². The standard InChI is InChI=1S/C24H36N4O7S/c25-20-36-22-3-1-21(2-4-22)17-26-5-11-33-13-7-27(18-23(29)30)9-15-35-16-10-28(19-24(31)32)8-14-34-12-6-26/h1-4H,5-19H2,(H,29,30)(H,31,32). The molecule has 0 aromatic heterocycles. The third kappa shape index (κ3) is 13.7. The topological polar surface area (TPSA) is 136 Å². The normalized spacial score (nSPS) is 19.1. The maximum absolute atomic E-state index is 11.2. The molecule has 2 N–H and O–H groups in total. The van der Waals surface area contributed by atoms with Crippen molar-refractivity contribution in [2.24, 2.45) is 0 Å². The van der Waals surface area contributed by atoms with Crippen molar-refractivity contribution in [2.75, 3.05) is 92.0 Å². The Balaban J connectivity index is 1.96. The third-order valence-corrected chi connectivity index (χ3v) is 6.12. The Kier molecular flexibility index (Phi) is 15.1. The van der Waals surface area contributed by atoms with Gasteiger partial charge in [0.25, 0.3) is 0 Å². The Morgan fingerprint density at radius 3 is 1.50 bits per heavy atom. The van der Waals surface area contributed by atoms with Crippen molar-refractivity contribution in [2.45, 2.75) is 11.4 Å². The van der Waals surface area contributed by atoms with Gasteiger partial charge in [0.2, 0.25) is 0 Å². The van der Waals surface area contributed by atoms with Crippen LogP contribution >= 0.6 is 11.8 Å². The Hall–Kier alpha value is -2.24. The van der Waals surface area contributed by atoms with Crippen molar-refractivity contribution >= 4 is 23.7 Å². The fraction of sp³-hybridized carbons (Fsp3) is 0.625. The highest BCUT2D eigenvalue weighted by Crippen LogP contribution is 2.17. The highest BCUT2D eigenvalue weighted by Gasteiger charge is 2.13. The molecular weight excluding hydrogens is 488 g/mol.